The molecule has 0 aliphatic heterocycles. The highest BCUT2D eigenvalue weighted by atomic mass is 16.3. The van der Waals surface area contributed by atoms with Gasteiger partial charge in [0.25, 0.3) is 5.56 Å². The van der Waals surface area contributed by atoms with Crippen LogP contribution in [0.4, 0.5) is 5.95 Å². The zero-order valence-electron chi connectivity index (χ0n) is 10.5. The predicted octanol–water partition coefficient (Wildman–Crippen LogP) is -2.02. The standard InChI is InChI=1S/C11H15N5O4/c12-11-14-9-7(10(20)15-11)13-3-16(9)5-1-6(18)4(2-17)8(5)19/h3-6,8,17-19H,1-2H2,(H3,12,14,15,20)/t4-,5+,6+,8?/m1/s1. The minimum atomic E-state index is -0.949. The van der Waals surface area contributed by atoms with E-state index in [1.807, 2.05) is 0 Å². The molecule has 4 atom stereocenters. The van der Waals surface area contributed by atoms with Crippen molar-refractivity contribution in [2.45, 2.75) is 24.7 Å². The number of anilines is 1. The van der Waals surface area contributed by atoms with Crippen molar-refractivity contribution in [3.8, 4) is 0 Å². The second-order valence-corrected chi connectivity index (χ2v) is 4.98. The summed E-state index contributed by atoms with van der Waals surface area (Å²) >= 11 is 0. The summed E-state index contributed by atoms with van der Waals surface area (Å²) in [7, 11) is 0. The summed E-state index contributed by atoms with van der Waals surface area (Å²) in [6.45, 7) is -0.318. The molecule has 0 amide bonds. The van der Waals surface area contributed by atoms with Crippen LogP contribution in [0.2, 0.25) is 0 Å². The molecule has 1 unspecified atom stereocenters. The highest BCUT2D eigenvalue weighted by Gasteiger charge is 2.42. The van der Waals surface area contributed by atoms with E-state index in [0.29, 0.717) is 0 Å². The number of aromatic amines is 1. The van der Waals surface area contributed by atoms with Gasteiger partial charge in [-0.15, -0.1) is 0 Å². The number of aliphatic hydroxyl groups is 3. The van der Waals surface area contributed by atoms with Crippen LogP contribution in [0, 0.1) is 5.92 Å². The van der Waals surface area contributed by atoms with E-state index < -0.39 is 29.7 Å². The maximum Gasteiger partial charge on any atom is 0.280 e. The highest BCUT2D eigenvalue weighted by molar-refractivity contribution is 5.70. The summed E-state index contributed by atoms with van der Waals surface area (Å²) in [6.07, 6.45) is -0.148. The first kappa shape index (κ1) is 13.0. The molecule has 108 valence electrons. The van der Waals surface area contributed by atoms with Crippen LogP contribution in [-0.2, 0) is 0 Å². The molecular weight excluding hydrogens is 266 g/mol. The first-order valence-corrected chi connectivity index (χ1v) is 6.22. The lowest BCUT2D eigenvalue weighted by molar-refractivity contribution is 0.0214. The topological polar surface area (TPSA) is 150 Å². The number of nitrogens with two attached hydrogens (primary N) is 1. The molecule has 0 bridgehead atoms. The van der Waals surface area contributed by atoms with Gasteiger partial charge in [-0.25, -0.2) is 4.98 Å². The molecule has 1 fully saturated rings. The molecular formula is C11H15N5O4. The van der Waals surface area contributed by atoms with E-state index in [1.165, 1.54) is 10.9 Å². The lowest BCUT2D eigenvalue weighted by Gasteiger charge is -2.19. The van der Waals surface area contributed by atoms with E-state index in [2.05, 4.69) is 15.0 Å². The third-order valence-corrected chi connectivity index (χ3v) is 3.83. The minimum absolute atomic E-state index is 0.0454. The van der Waals surface area contributed by atoms with Crippen LogP contribution in [0.15, 0.2) is 11.1 Å². The molecule has 2 aromatic rings. The maximum atomic E-state index is 11.7. The molecule has 2 heterocycles. The number of nitrogens with one attached hydrogen (secondary N) is 1. The average Bonchev–Trinajstić information content (AvgIpc) is 2.91. The summed E-state index contributed by atoms with van der Waals surface area (Å²) in [6, 6.07) is -0.513. The van der Waals surface area contributed by atoms with Crippen molar-refractivity contribution in [2.75, 3.05) is 12.3 Å². The van der Waals surface area contributed by atoms with Crippen LogP contribution in [0.3, 0.4) is 0 Å². The number of imidazole rings is 1. The third-order valence-electron chi connectivity index (χ3n) is 3.83. The van der Waals surface area contributed by atoms with Crippen LogP contribution in [0.25, 0.3) is 11.2 Å². The van der Waals surface area contributed by atoms with Gasteiger partial charge in [0.2, 0.25) is 5.95 Å². The zero-order valence-corrected chi connectivity index (χ0v) is 10.5. The number of aromatic nitrogens is 4. The molecule has 9 nitrogen and oxygen atoms in total. The smallest absolute Gasteiger partial charge is 0.280 e. The molecule has 0 saturated heterocycles. The van der Waals surface area contributed by atoms with E-state index in [9.17, 15) is 20.1 Å². The zero-order chi connectivity index (χ0) is 14.4. The second-order valence-electron chi connectivity index (χ2n) is 4.98. The quantitative estimate of drug-likeness (QED) is 0.426. The van der Waals surface area contributed by atoms with E-state index in [-0.39, 0.29) is 30.1 Å². The van der Waals surface area contributed by atoms with Gasteiger partial charge in [0.1, 0.15) is 0 Å². The number of aliphatic hydroxyl groups excluding tert-OH is 3. The predicted molar refractivity (Wildman–Crippen MR) is 68.8 cm³/mol. The van der Waals surface area contributed by atoms with Crippen LogP contribution in [0.1, 0.15) is 12.5 Å². The Morgan fingerprint density at radius 1 is 1.50 bits per heavy atom. The SMILES string of the molecule is Nc1nc2c(ncn2[C@H]2C[C@H](O)[C@@H](CO)C2O)c(=O)[nH]1. The van der Waals surface area contributed by atoms with E-state index in [0.717, 1.165) is 0 Å². The Bertz CT molecular complexity index is 696. The number of rotatable bonds is 2. The second kappa shape index (κ2) is 4.54. The first-order valence-electron chi connectivity index (χ1n) is 6.22. The Morgan fingerprint density at radius 3 is 2.90 bits per heavy atom. The van der Waals surface area contributed by atoms with Gasteiger partial charge in [0, 0.05) is 5.92 Å². The Kier molecular flexibility index (Phi) is 2.96. The van der Waals surface area contributed by atoms with Gasteiger partial charge in [-0.3, -0.25) is 9.78 Å². The monoisotopic (exact) mass is 281 g/mol. The summed E-state index contributed by atoms with van der Waals surface area (Å²) in [4.78, 5) is 22.0. The molecule has 2 aromatic heterocycles. The minimum Gasteiger partial charge on any atom is -0.396 e. The van der Waals surface area contributed by atoms with Gasteiger partial charge in [0.15, 0.2) is 11.2 Å². The Morgan fingerprint density at radius 2 is 2.25 bits per heavy atom. The summed E-state index contributed by atoms with van der Waals surface area (Å²) in [5.41, 5.74) is 5.42. The number of H-pyrrole nitrogens is 1. The van der Waals surface area contributed by atoms with Crippen molar-refractivity contribution in [3.63, 3.8) is 0 Å². The molecule has 0 radical (unpaired) electrons. The lowest BCUT2D eigenvalue weighted by atomic mass is 10.0. The fraction of sp³-hybridized carbons (Fsp3) is 0.545. The summed E-state index contributed by atoms with van der Waals surface area (Å²) < 4.78 is 1.52. The van der Waals surface area contributed by atoms with Crippen LogP contribution in [-0.4, -0.2) is 53.7 Å². The number of hydrogen-bond acceptors (Lipinski definition) is 7. The normalized spacial score (nSPS) is 30.1. The molecule has 1 saturated carbocycles. The Hall–Kier alpha value is -1.97. The molecule has 0 aromatic carbocycles. The van der Waals surface area contributed by atoms with Crippen LogP contribution >= 0.6 is 0 Å². The van der Waals surface area contributed by atoms with Gasteiger partial charge in [-0.2, -0.15) is 4.98 Å². The molecule has 20 heavy (non-hydrogen) atoms. The lowest BCUT2D eigenvalue weighted by Crippen LogP contribution is -2.29. The molecule has 3 rings (SSSR count). The first-order chi connectivity index (χ1) is 9.52. The van der Waals surface area contributed by atoms with Crippen molar-refractivity contribution in [1.29, 1.82) is 0 Å². The summed E-state index contributed by atoms with van der Waals surface area (Å²) in [5.74, 6) is -0.673. The van der Waals surface area contributed by atoms with Gasteiger partial charge in [-0.1, -0.05) is 0 Å². The van der Waals surface area contributed by atoms with Crippen molar-refractivity contribution < 1.29 is 15.3 Å². The average molecular weight is 281 g/mol. The van der Waals surface area contributed by atoms with Gasteiger partial charge in [-0.05, 0) is 6.42 Å². The Labute approximate surface area is 112 Å². The summed E-state index contributed by atoms with van der Waals surface area (Å²) in [5, 5.41) is 29.2. The Balaban J connectivity index is 2.10. The van der Waals surface area contributed by atoms with Crippen molar-refractivity contribution in [2.24, 2.45) is 5.92 Å². The van der Waals surface area contributed by atoms with Gasteiger partial charge >= 0.3 is 0 Å². The molecule has 0 spiro atoms. The van der Waals surface area contributed by atoms with Crippen molar-refractivity contribution >= 4 is 17.1 Å². The fourth-order valence-electron chi connectivity index (χ4n) is 2.77. The van der Waals surface area contributed by atoms with Gasteiger partial charge < -0.3 is 25.6 Å². The number of fused-ring (bicyclic) bond motifs is 1. The van der Waals surface area contributed by atoms with Crippen LogP contribution in [0.5, 0.6) is 0 Å². The maximum absolute atomic E-state index is 11.7. The van der Waals surface area contributed by atoms with Crippen LogP contribution < -0.4 is 11.3 Å². The van der Waals surface area contributed by atoms with E-state index in [4.69, 9.17) is 5.73 Å². The number of hydrogen-bond donors (Lipinski definition) is 5. The molecule has 6 N–H and O–H groups in total. The van der Waals surface area contributed by atoms with E-state index in [1.54, 1.807) is 0 Å². The van der Waals surface area contributed by atoms with E-state index >= 15 is 0 Å². The fourth-order valence-corrected chi connectivity index (χ4v) is 2.77. The largest absolute Gasteiger partial charge is 0.396 e. The molecule has 1 aliphatic rings. The molecule has 9 heteroatoms. The third kappa shape index (κ3) is 1.79. The van der Waals surface area contributed by atoms with Gasteiger partial charge in [0.05, 0.1) is 31.2 Å². The number of nitrogen functional groups attached to an aromatic ring is 1. The van der Waals surface area contributed by atoms with Crippen molar-refractivity contribution in [1.82, 2.24) is 19.5 Å². The molecule has 1 aliphatic carbocycles. The highest BCUT2D eigenvalue weighted by Crippen LogP contribution is 2.36. The van der Waals surface area contributed by atoms with Crippen molar-refractivity contribution in [3.05, 3.63) is 16.7 Å². The number of nitrogens with zero attached hydrogens (tertiary/aromatic N) is 3.